The number of hydrogen-bond donors (Lipinski definition) is 0. The van der Waals surface area contributed by atoms with Gasteiger partial charge in [0.2, 0.25) is 0 Å². The van der Waals surface area contributed by atoms with Crippen molar-refractivity contribution in [2.75, 3.05) is 0 Å². The number of unbranched alkanes of at least 4 members (excludes halogenated alkanes) is 20. The van der Waals surface area contributed by atoms with Gasteiger partial charge < -0.3 is 4.42 Å². The number of aryl methyl sites for hydroxylation is 4. The molecule has 11 heteroatoms. The summed E-state index contributed by atoms with van der Waals surface area (Å²) in [6.45, 7) is 13.6. The maximum atomic E-state index is 15.4. The molecule has 1 aromatic carbocycles. The van der Waals surface area contributed by atoms with Gasteiger partial charge >= 0.3 is 0 Å². The summed E-state index contributed by atoms with van der Waals surface area (Å²) in [7, 11) is 0. The summed E-state index contributed by atoms with van der Waals surface area (Å²) in [5.74, 6) is 0. The Morgan fingerprint density at radius 1 is 0.452 bits per heavy atom. The van der Waals surface area contributed by atoms with Crippen LogP contribution in [0.4, 0.5) is 0 Å². The summed E-state index contributed by atoms with van der Waals surface area (Å²) in [5, 5.41) is 1.09. The molecule has 0 aliphatic rings. The lowest BCUT2D eigenvalue weighted by molar-refractivity contribution is 0.547. The van der Waals surface area contributed by atoms with Crippen molar-refractivity contribution in [1.29, 1.82) is 0 Å². The molecule has 9 nitrogen and oxygen atoms in total. The molecule has 8 aromatic rings. The van der Waals surface area contributed by atoms with Crippen LogP contribution in [0, 0.1) is 13.8 Å². The monoisotopic (exact) mass is 1020 g/mol. The number of rotatable bonds is 31. The first-order chi connectivity index (χ1) is 35.6. The molecule has 0 saturated carbocycles. The summed E-state index contributed by atoms with van der Waals surface area (Å²) in [6, 6.07) is 8.32. The van der Waals surface area contributed by atoms with Crippen LogP contribution in [0.3, 0.4) is 0 Å². The van der Waals surface area contributed by atoms with Gasteiger partial charge in [-0.15, -0.1) is 22.7 Å². The van der Waals surface area contributed by atoms with Gasteiger partial charge in [0, 0.05) is 61.7 Å². The molecule has 0 radical (unpaired) electrons. The van der Waals surface area contributed by atoms with Gasteiger partial charge in [-0.25, -0.2) is 4.98 Å². The topological polar surface area (TPSA) is 117 Å². The highest BCUT2D eigenvalue weighted by molar-refractivity contribution is 7.19. The maximum absolute atomic E-state index is 15.4. The SMILES string of the molecule is CCCCCCCCc1cc(-c2c3c(=O)n(CCCCCCCC)c(=O)c3c(-c3cc(CCCCCCCC)c(-c4cnc5c(c4)oc4cc(C)cnc45)s3)c3c(=O)n(CCCCCCCC)c(=O)c23)sc1C. The molecule has 0 fully saturated rings. The maximum Gasteiger partial charge on any atom is 0.262 e. The highest BCUT2D eigenvalue weighted by Crippen LogP contribution is 2.47. The van der Waals surface area contributed by atoms with Gasteiger partial charge in [-0.3, -0.25) is 33.3 Å². The first-order valence-corrected chi connectivity index (χ1v) is 30.1. The number of pyridine rings is 2. The summed E-state index contributed by atoms with van der Waals surface area (Å²) in [5.41, 5.74) is 6.32. The molecule has 0 aliphatic heterocycles. The minimum atomic E-state index is -0.372. The average Bonchev–Trinajstić information content (AvgIpc) is 4.18. The van der Waals surface area contributed by atoms with Crippen molar-refractivity contribution in [2.24, 2.45) is 0 Å². The molecule has 0 spiro atoms. The molecule has 8 rings (SSSR count). The molecule has 0 bridgehead atoms. The molecule has 73 heavy (non-hydrogen) atoms. The fourth-order valence-corrected chi connectivity index (χ4v) is 13.5. The predicted molar refractivity (Wildman–Crippen MR) is 310 cm³/mol. The van der Waals surface area contributed by atoms with E-state index in [-0.39, 0.29) is 56.9 Å². The Balaban J connectivity index is 1.35. The Labute approximate surface area is 440 Å². The van der Waals surface area contributed by atoms with E-state index in [0.29, 0.717) is 45.5 Å². The van der Waals surface area contributed by atoms with Crippen molar-refractivity contribution in [3.63, 3.8) is 0 Å². The number of nitrogens with zero attached hydrogens (tertiary/aromatic N) is 4. The Morgan fingerprint density at radius 2 is 0.849 bits per heavy atom. The van der Waals surface area contributed by atoms with Gasteiger partial charge in [0.15, 0.2) is 11.2 Å². The van der Waals surface area contributed by atoms with Crippen molar-refractivity contribution in [3.05, 3.63) is 99.6 Å². The van der Waals surface area contributed by atoms with Crippen LogP contribution in [-0.4, -0.2) is 19.1 Å². The van der Waals surface area contributed by atoms with Gasteiger partial charge in [0.05, 0.1) is 21.5 Å². The molecule has 7 heterocycles. The highest BCUT2D eigenvalue weighted by atomic mass is 32.1. The summed E-state index contributed by atoms with van der Waals surface area (Å²) in [4.78, 5) is 74.8. The molecule has 0 N–H and O–H groups in total. The average molecular weight is 1030 g/mol. The largest absolute Gasteiger partial charge is 0.453 e. The molecule has 0 atom stereocenters. The number of aromatic nitrogens is 4. The molecular formula is C62H80N4O5S2. The van der Waals surface area contributed by atoms with Gasteiger partial charge in [0.1, 0.15) is 11.0 Å². The zero-order valence-electron chi connectivity index (χ0n) is 44.9. The standard InChI is InChI=1S/C62H80N4O5S2/c1-7-11-15-19-23-27-31-43-37-48(72-42(43)6)50-52-54(61(69)65(59(52)67)33-29-25-21-17-13-9-3)51(55-53(50)60(68)66(62(55)70)34-30-26-22-18-14-10-4)49-38-44(32-28-24-20-16-12-8-2)58(73-49)45-36-47-57(64-40-45)56-46(71-47)35-41(5)39-63-56/h35-40H,7-34H2,1-6H3. The fraction of sp³-hybridized carbons (Fsp3) is 0.548. The summed E-state index contributed by atoms with van der Waals surface area (Å²) >= 11 is 3.10. The molecule has 390 valence electrons. The van der Waals surface area contributed by atoms with E-state index < -0.39 is 0 Å². The van der Waals surface area contributed by atoms with Crippen LogP contribution in [-0.2, 0) is 25.9 Å². The third-order valence-corrected chi connectivity index (χ3v) is 17.6. The summed E-state index contributed by atoms with van der Waals surface area (Å²) in [6.07, 6.45) is 31.4. The first kappa shape index (κ1) is 54.3. The van der Waals surface area contributed by atoms with Crippen molar-refractivity contribution < 1.29 is 4.42 Å². The van der Waals surface area contributed by atoms with E-state index in [9.17, 15) is 0 Å². The zero-order chi connectivity index (χ0) is 51.4. The van der Waals surface area contributed by atoms with Gasteiger partial charge in [-0.05, 0) is 93.3 Å². The van der Waals surface area contributed by atoms with Gasteiger partial charge in [0.25, 0.3) is 22.2 Å². The lowest BCUT2D eigenvalue weighted by atomic mass is 9.93. The summed E-state index contributed by atoms with van der Waals surface area (Å²) < 4.78 is 9.24. The normalized spacial score (nSPS) is 12.1. The van der Waals surface area contributed by atoms with E-state index in [1.165, 1.54) is 71.0 Å². The van der Waals surface area contributed by atoms with Crippen LogP contribution in [0.15, 0.2) is 60.3 Å². The molecule has 0 amide bonds. The van der Waals surface area contributed by atoms with E-state index in [1.807, 2.05) is 31.5 Å². The minimum Gasteiger partial charge on any atom is -0.453 e. The highest BCUT2D eigenvalue weighted by Gasteiger charge is 2.32. The second-order valence-electron chi connectivity index (χ2n) is 21.0. The van der Waals surface area contributed by atoms with Gasteiger partial charge in [-0.2, -0.15) is 0 Å². The van der Waals surface area contributed by atoms with Crippen LogP contribution < -0.4 is 22.2 Å². The quantitative estimate of drug-likeness (QED) is 0.0397. The van der Waals surface area contributed by atoms with Crippen molar-refractivity contribution >= 4 is 66.4 Å². The molecule has 0 saturated heterocycles. The Hall–Kier alpha value is -5.00. The number of thiophene rings is 2. The van der Waals surface area contributed by atoms with Crippen molar-refractivity contribution in [1.82, 2.24) is 19.1 Å². The minimum absolute atomic E-state index is 0.266. The predicted octanol–water partition coefficient (Wildman–Crippen LogP) is 16.9. The molecular weight excluding hydrogens is 945 g/mol. The second-order valence-corrected chi connectivity index (χ2v) is 23.3. The second kappa shape index (κ2) is 26.0. The number of fused-ring (bicyclic) bond motifs is 5. The number of hydrogen-bond acceptors (Lipinski definition) is 9. The van der Waals surface area contributed by atoms with Crippen LogP contribution in [0.2, 0.25) is 0 Å². The van der Waals surface area contributed by atoms with Crippen LogP contribution >= 0.6 is 22.7 Å². The van der Waals surface area contributed by atoms with E-state index in [1.54, 1.807) is 11.3 Å². The third-order valence-electron chi connectivity index (χ3n) is 15.3. The first-order valence-electron chi connectivity index (χ1n) is 28.5. The van der Waals surface area contributed by atoms with E-state index in [2.05, 4.69) is 51.7 Å². The van der Waals surface area contributed by atoms with E-state index in [4.69, 9.17) is 9.40 Å². The fourth-order valence-electron chi connectivity index (χ4n) is 11.1. The van der Waals surface area contributed by atoms with Crippen LogP contribution in [0.25, 0.3) is 75.1 Å². The smallest absolute Gasteiger partial charge is 0.262 e. The van der Waals surface area contributed by atoms with Crippen LogP contribution in [0.5, 0.6) is 0 Å². The third kappa shape index (κ3) is 12.1. The molecule has 7 aromatic heterocycles. The lowest BCUT2D eigenvalue weighted by Crippen LogP contribution is -2.26. The van der Waals surface area contributed by atoms with E-state index in [0.717, 1.165) is 146 Å². The number of benzene rings is 1. The molecule has 0 unspecified atom stereocenters. The lowest BCUT2D eigenvalue weighted by Gasteiger charge is -2.07. The van der Waals surface area contributed by atoms with E-state index >= 15 is 19.2 Å². The zero-order valence-corrected chi connectivity index (χ0v) is 46.5. The Bertz CT molecular complexity index is 3240. The van der Waals surface area contributed by atoms with Crippen molar-refractivity contribution in [2.45, 2.75) is 222 Å². The Morgan fingerprint density at radius 3 is 1.34 bits per heavy atom. The van der Waals surface area contributed by atoms with Gasteiger partial charge in [-0.1, -0.05) is 156 Å². The molecule has 0 aliphatic carbocycles. The van der Waals surface area contributed by atoms with Crippen LogP contribution in [0.1, 0.15) is 203 Å². The number of furan rings is 1. The van der Waals surface area contributed by atoms with Crippen molar-refractivity contribution in [3.8, 4) is 31.3 Å². The Kier molecular flexibility index (Phi) is 19.3.